The van der Waals surface area contributed by atoms with E-state index < -0.39 is 0 Å². The second kappa shape index (κ2) is 6.03. The van der Waals surface area contributed by atoms with Crippen molar-refractivity contribution in [3.8, 4) is 0 Å². The number of rotatable bonds is 4. The fraction of sp³-hybridized carbons (Fsp3) is 0.462. The molecule has 0 aliphatic heterocycles. The fourth-order valence-corrected chi connectivity index (χ4v) is 1.71. The highest BCUT2D eigenvalue weighted by atomic mass is 35.5. The van der Waals surface area contributed by atoms with Crippen molar-refractivity contribution in [2.45, 2.75) is 20.8 Å². The Morgan fingerprint density at radius 1 is 1.41 bits per heavy atom. The van der Waals surface area contributed by atoms with E-state index in [0.29, 0.717) is 11.6 Å². The molecule has 17 heavy (non-hydrogen) atoms. The minimum absolute atomic E-state index is 0.0113. The summed E-state index contributed by atoms with van der Waals surface area (Å²) in [7, 11) is 1.91. The molecule has 0 saturated carbocycles. The first-order valence-electron chi connectivity index (χ1n) is 5.69. The molecule has 1 rings (SSSR count). The quantitative estimate of drug-likeness (QED) is 0.896. The van der Waals surface area contributed by atoms with Gasteiger partial charge < -0.3 is 5.32 Å². The number of carbonyl (C=O) groups excluding carboxylic acids is 1. The summed E-state index contributed by atoms with van der Waals surface area (Å²) in [5.41, 5.74) is 2.77. The standard InChI is InChI=1S/C13H19ClN2O/c1-5-16(4)8-12(17)15-13-9(2)6-7-11(14)10(13)3/h6-7H,5,8H2,1-4H3,(H,15,17). The number of amides is 1. The second-order valence-electron chi connectivity index (χ2n) is 4.24. The minimum Gasteiger partial charge on any atom is -0.324 e. The average molecular weight is 255 g/mol. The molecule has 1 amide bonds. The van der Waals surface area contributed by atoms with Gasteiger partial charge in [-0.1, -0.05) is 24.6 Å². The van der Waals surface area contributed by atoms with E-state index in [2.05, 4.69) is 5.32 Å². The number of hydrogen-bond acceptors (Lipinski definition) is 2. The van der Waals surface area contributed by atoms with Crippen molar-refractivity contribution < 1.29 is 4.79 Å². The molecule has 1 aromatic carbocycles. The number of halogens is 1. The van der Waals surface area contributed by atoms with E-state index in [-0.39, 0.29) is 5.91 Å². The average Bonchev–Trinajstić information content (AvgIpc) is 2.29. The maximum absolute atomic E-state index is 11.8. The highest BCUT2D eigenvalue weighted by Gasteiger charge is 2.10. The lowest BCUT2D eigenvalue weighted by Gasteiger charge is -2.16. The molecule has 0 spiro atoms. The lowest BCUT2D eigenvalue weighted by molar-refractivity contribution is -0.117. The molecule has 0 bridgehead atoms. The van der Waals surface area contributed by atoms with Gasteiger partial charge in [0.25, 0.3) is 0 Å². The zero-order valence-corrected chi connectivity index (χ0v) is 11.6. The number of aryl methyl sites for hydroxylation is 1. The van der Waals surface area contributed by atoms with Crippen LogP contribution in [0, 0.1) is 13.8 Å². The van der Waals surface area contributed by atoms with Crippen LogP contribution in [0.15, 0.2) is 12.1 Å². The Hall–Kier alpha value is -1.06. The van der Waals surface area contributed by atoms with Gasteiger partial charge in [-0.3, -0.25) is 9.69 Å². The number of hydrogen-bond donors (Lipinski definition) is 1. The van der Waals surface area contributed by atoms with E-state index in [1.54, 1.807) is 0 Å². The van der Waals surface area contributed by atoms with Crippen LogP contribution in [0.4, 0.5) is 5.69 Å². The molecule has 0 saturated heterocycles. The van der Waals surface area contributed by atoms with Crippen LogP contribution in [-0.4, -0.2) is 30.9 Å². The number of carbonyl (C=O) groups is 1. The summed E-state index contributed by atoms with van der Waals surface area (Å²) < 4.78 is 0. The van der Waals surface area contributed by atoms with Gasteiger partial charge in [0.1, 0.15) is 0 Å². The highest BCUT2D eigenvalue weighted by molar-refractivity contribution is 6.31. The Kier molecular flexibility index (Phi) is 4.97. The van der Waals surface area contributed by atoms with Gasteiger partial charge >= 0.3 is 0 Å². The first-order chi connectivity index (χ1) is 7.95. The lowest BCUT2D eigenvalue weighted by atomic mass is 10.1. The third-order valence-electron chi connectivity index (χ3n) is 2.83. The first kappa shape index (κ1) is 14.0. The summed E-state index contributed by atoms with van der Waals surface area (Å²) in [6.45, 7) is 7.13. The fourth-order valence-electron chi connectivity index (χ4n) is 1.55. The summed E-state index contributed by atoms with van der Waals surface area (Å²) in [6.07, 6.45) is 0. The molecular weight excluding hydrogens is 236 g/mol. The molecule has 0 aromatic heterocycles. The van der Waals surface area contributed by atoms with Crippen LogP contribution >= 0.6 is 11.6 Å². The van der Waals surface area contributed by atoms with Crippen molar-refractivity contribution in [1.29, 1.82) is 0 Å². The molecule has 94 valence electrons. The second-order valence-corrected chi connectivity index (χ2v) is 4.65. The number of nitrogens with zero attached hydrogens (tertiary/aromatic N) is 1. The molecule has 0 radical (unpaired) electrons. The Morgan fingerprint density at radius 3 is 2.65 bits per heavy atom. The van der Waals surface area contributed by atoms with E-state index in [9.17, 15) is 4.79 Å². The normalized spacial score (nSPS) is 10.7. The Morgan fingerprint density at radius 2 is 2.06 bits per heavy atom. The molecule has 0 atom stereocenters. The smallest absolute Gasteiger partial charge is 0.238 e. The molecular formula is C13H19ClN2O. The molecule has 0 unspecified atom stereocenters. The Labute approximate surface area is 108 Å². The van der Waals surface area contributed by atoms with Gasteiger partial charge in [0, 0.05) is 10.7 Å². The van der Waals surface area contributed by atoms with Crippen molar-refractivity contribution >= 4 is 23.2 Å². The van der Waals surface area contributed by atoms with Crippen LogP contribution < -0.4 is 5.32 Å². The maximum atomic E-state index is 11.8. The molecule has 0 aliphatic rings. The number of anilines is 1. The molecule has 1 N–H and O–H groups in total. The summed E-state index contributed by atoms with van der Waals surface area (Å²) >= 11 is 6.04. The summed E-state index contributed by atoms with van der Waals surface area (Å²) in [5, 5.41) is 3.60. The number of benzene rings is 1. The summed E-state index contributed by atoms with van der Waals surface area (Å²) in [5.74, 6) is -0.0113. The minimum atomic E-state index is -0.0113. The SMILES string of the molecule is CCN(C)CC(=O)Nc1c(C)ccc(Cl)c1C. The molecule has 4 heteroatoms. The monoisotopic (exact) mass is 254 g/mol. The van der Waals surface area contributed by atoms with Crippen molar-refractivity contribution in [1.82, 2.24) is 4.90 Å². The zero-order chi connectivity index (χ0) is 13.0. The van der Waals surface area contributed by atoms with E-state index >= 15 is 0 Å². The van der Waals surface area contributed by atoms with Gasteiger partial charge in [-0.15, -0.1) is 0 Å². The van der Waals surface area contributed by atoms with E-state index in [4.69, 9.17) is 11.6 Å². The largest absolute Gasteiger partial charge is 0.324 e. The van der Waals surface area contributed by atoms with Gasteiger partial charge in [-0.2, -0.15) is 0 Å². The predicted octanol–water partition coefficient (Wildman–Crippen LogP) is 2.85. The zero-order valence-electron chi connectivity index (χ0n) is 10.8. The van der Waals surface area contributed by atoms with Crippen molar-refractivity contribution in [3.05, 3.63) is 28.3 Å². The number of likely N-dealkylation sites (N-methyl/N-ethyl adjacent to an activating group) is 1. The van der Waals surface area contributed by atoms with Crippen LogP contribution in [0.5, 0.6) is 0 Å². The molecule has 0 heterocycles. The van der Waals surface area contributed by atoms with Gasteiger partial charge in [-0.25, -0.2) is 0 Å². The Balaban J connectivity index is 2.81. The van der Waals surface area contributed by atoms with E-state index in [1.165, 1.54) is 0 Å². The lowest BCUT2D eigenvalue weighted by Crippen LogP contribution is -2.30. The molecule has 3 nitrogen and oxygen atoms in total. The van der Waals surface area contributed by atoms with Crippen LogP contribution in [0.3, 0.4) is 0 Å². The van der Waals surface area contributed by atoms with Gasteiger partial charge in [0.2, 0.25) is 5.91 Å². The van der Waals surface area contributed by atoms with Crippen molar-refractivity contribution in [2.75, 3.05) is 25.5 Å². The van der Waals surface area contributed by atoms with Crippen LogP contribution in [0.25, 0.3) is 0 Å². The van der Waals surface area contributed by atoms with Crippen LogP contribution in [0.2, 0.25) is 5.02 Å². The van der Waals surface area contributed by atoms with Crippen LogP contribution in [0.1, 0.15) is 18.1 Å². The third-order valence-corrected chi connectivity index (χ3v) is 3.23. The van der Waals surface area contributed by atoms with E-state index in [1.807, 2.05) is 44.9 Å². The maximum Gasteiger partial charge on any atom is 0.238 e. The summed E-state index contributed by atoms with van der Waals surface area (Å²) in [4.78, 5) is 13.8. The van der Waals surface area contributed by atoms with Gasteiger partial charge in [-0.05, 0) is 44.6 Å². The highest BCUT2D eigenvalue weighted by Crippen LogP contribution is 2.26. The Bertz CT molecular complexity index is 418. The van der Waals surface area contributed by atoms with Crippen molar-refractivity contribution in [3.63, 3.8) is 0 Å². The molecule has 0 aliphatic carbocycles. The van der Waals surface area contributed by atoms with Gasteiger partial charge in [0.15, 0.2) is 0 Å². The predicted molar refractivity (Wildman–Crippen MR) is 72.7 cm³/mol. The molecule has 0 fully saturated rings. The summed E-state index contributed by atoms with van der Waals surface area (Å²) in [6, 6.07) is 3.76. The van der Waals surface area contributed by atoms with Crippen LogP contribution in [-0.2, 0) is 4.79 Å². The van der Waals surface area contributed by atoms with Crippen molar-refractivity contribution in [2.24, 2.45) is 0 Å². The number of nitrogens with one attached hydrogen (secondary N) is 1. The first-order valence-corrected chi connectivity index (χ1v) is 6.07. The van der Waals surface area contributed by atoms with Gasteiger partial charge in [0.05, 0.1) is 6.54 Å². The third kappa shape index (κ3) is 3.72. The topological polar surface area (TPSA) is 32.3 Å². The molecule has 1 aromatic rings. The van der Waals surface area contributed by atoms with E-state index in [0.717, 1.165) is 23.4 Å².